The molecule has 0 atom stereocenters. The second-order valence-corrected chi connectivity index (χ2v) is 10.1. The number of pyridine rings is 1. The molecule has 0 aromatic carbocycles. The maximum absolute atomic E-state index is 13.2. The molecular weight excluding hydrogens is 441 g/mol. The van der Waals surface area contributed by atoms with Gasteiger partial charge in [0, 0.05) is 24.2 Å². The molecular formula is C18H21F3N4O3S2. The monoisotopic (exact) mass is 462 g/mol. The van der Waals surface area contributed by atoms with Crippen LogP contribution in [0.3, 0.4) is 0 Å². The lowest BCUT2D eigenvalue weighted by atomic mass is 10.1. The molecule has 1 aliphatic heterocycles. The Labute approximate surface area is 176 Å². The Hall–Kier alpha value is -2.18. The third-order valence-electron chi connectivity index (χ3n) is 4.77. The lowest BCUT2D eigenvalue weighted by molar-refractivity contribution is -0.137. The molecule has 0 bridgehead atoms. The number of nitrogens with one attached hydrogen (secondary N) is 1. The fraction of sp³-hybridized carbons (Fsp3) is 0.444. The van der Waals surface area contributed by atoms with Crippen molar-refractivity contribution in [2.24, 2.45) is 5.14 Å². The number of carbonyl (C=O) groups excluding carboxylic acids is 1. The van der Waals surface area contributed by atoms with Crippen molar-refractivity contribution < 1.29 is 26.4 Å². The van der Waals surface area contributed by atoms with E-state index in [1.807, 2.05) is 4.90 Å². The predicted octanol–water partition coefficient (Wildman–Crippen LogP) is 3.75. The average Bonchev–Trinajstić information content (AvgIpc) is 2.86. The molecule has 2 aromatic rings. The maximum Gasteiger partial charge on any atom is 0.417 e. The predicted molar refractivity (Wildman–Crippen MR) is 108 cm³/mol. The van der Waals surface area contributed by atoms with Crippen molar-refractivity contribution in [3.8, 4) is 0 Å². The first-order chi connectivity index (χ1) is 14.0. The van der Waals surface area contributed by atoms with Crippen LogP contribution in [-0.4, -0.2) is 32.4 Å². The Morgan fingerprint density at radius 1 is 1.20 bits per heavy atom. The summed E-state index contributed by atoms with van der Waals surface area (Å²) in [7, 11) is -3.96. The minimum Gasteiger partial charge on any atom is -0.356 e. The molecule has 1 saturated heterocycles. The number of nitrogens with two attached hydrogens (primary N) is 1. The van der Waals surface area contributed by atoms with Crippen molar-refractivity contribution in [3.63, 3.8) is 0 Å². The van der Waals surface area contributed by atoms with Gasteiger partial charge in [-0.1, -0.05) is 12.8 Å². The standard InChI is InChI=1S/C18H21F3N4O3S2/c1-11-14(9-15(29-11)30(22,27)28)24-17(26)13-8-12(18(19,20)21)10-23-16(13)25-6-4-2-3-5-7-25/h8-10H,2-7H2,1H3,(H,24,26)(H2,22,27,28). The smallest absolute Gasteiger partial charge is 0.356 e. The third-order valence-corrected chi connectivity index (χ3v) is 7.24. The van der Waals surface area contributed by atoms with Gasteiger partial charge in [0.25, 0.3) is 5.91 Å². The van der Waals surface area contributed by atoms with Gasteiger partial charge in [0.15, 0.2) is 0 Å². The summed E-state index contributed by atoms with van der Waals surface area (Å²) in [6.45, 7) is 2.76. The Bertz CT molecular complexity index is 1040. The Morgan fingerprint density at radius 3 is 2.37 bits per heavy atom. The largest absolute Gasteiger partial charge is 0.417 e. The van der Waals surface area contributed by atoms with Gasteiger partial charge < -0.3 is 10.2 Å². The number of hydrogen-bond acceptors (Lipinski definition) is 6. The summed E-state index contributed by atoms with van der Waals surface area (Å²) < 4.78 is 62.6. The van der Waals surface area contributed by atoms with Gasteiger partial charge in [-0.05, 0) is 31.9 Å². The summed E-state index contributed by atoms with van der Waals surface area (Å²) >= 11 is 0.867. The molecule has 3 rings (SSSR count). The maximum atomic E-state index is 13.2. The molecule has 1 aliphatic rings. The highest BCUT2D eigenvalue weighted by molar-refractivity contribution is 7.91. The van der Waals surface area contributed by atoms with Crippen molar-refractivity contribution in [2.45, 2.75) is 43.0 Å². The van der Waals surface area contributed by atoms with Crippen LogP contribution in [0.15, 0.2) is 22.5 Å². The normalized spacial score (nSPS) is 15.7. The number of thiophene rings is 1. The molecule has 0 radical (unpaired) electrons. The number of aryl methyl sites for hydroxylation is 1. The fourth-order valence-electron chi connectivity index (χ4n) is 3.22. The van der Waals surface area contributed by atoms with Crippen molar-refractivity contribution in [2.75, 3.05) is 23.3 Å². The summed E-state index contributed by atoms with van der Waals surface area (Å²) in [4.78, 5) is 19.2. The number of primary sulfonamides is 1. The number of nitrogens with zero attached hydrogens (tertiary/aromatic N) is 2. The van der Waals surface area contributed by atoms with Crippen LogP contribution in [0.5, 0.6) is 0 Å². The van der Waals surface area contributed by atoms with E-state index in [0.717, 1.165) is 49.3 Å². The van der Waals surface area contributed by atoms with Crippen LogP contribution in [0.1, 0.15) is 46.5 Å². The zero-order valence-electron chi connectivity index (χ0n) is 16.1. The number of aromatic nitrogens is 1. The number of amides is 1. The average molecular weight is 463 g/mol. The molecule has 1 amide bonds. The van der Waals surface area contributed by atoms with Crippen molar-refractivity contribution in [3.05, 3.63) is 34.3 Å². The van der Waals surface area contributed by atoms with E-state index in [9.17, 15) is 26.4 Å². The fourth-order valence-corrected chi connectivity index (χ4v) is 5.04. The van der Waals surface area contributed by atoms with Gasteiger partial charge in [0.1, 0.15) is 10.0 Å². The minimum absolute atomic E-state index is 0.148. The van der Waals surface area contributed by atoms with E-state index in [2.05, 4.69) is 10.3 Å². The first kappa shape index (κ1) is 22.5. The highest BCUT2D eigenvalue weighted by Gasteiger charge is 2.33. The second-order valence-electron chi connectivity index (χ2n) is 7.03. The first-order valence-electron chi connectivity index (χ1n) is 9.23. The SMILES string of the molecule is Cc1sc(S(N)(=O)=O)cc1NC(=O)c1cc(C(F)(F)F)cnc1N1CCCCCC1. The quantitative estimate of drug-likeness (QED) is 0.720. The molecule has 0 saturated carbocycles. The third kappa shape index (κ3) is 5.10. The van der Waals surface area contributed by atoms with E-state index >= 15 is 0 Å². The minimum atomic E-state index is -4.65. The van der Waals surface area contributed by atoms with E-state index in [1.165, 1.54) is 6.07 Å². The number of rotatable bonds is 4. The highest BCUT2D eigenvalue weighted by atomic mass is 32.2. The van der Waals surface area contributed by atoms with Gasteiger partial charge in [-0.25, -0.2) is 18.5 Å². The molecule has 164 valence electrons. The molecule has 30 heavy (non-hydrogen) atoms. The molecule has 0 unspecified atom stereocenters. The zero-order chi connectivity index (χ0) is 22.1. The molecule has 3 heterocycles. The Morgan fingerprint density at radius 2 is 1.83 bits per heavy atom. The Kier molecular flexibility index (Phi) is 6.39. The van der Waals surface area contributed by atoms with Gasteiger partial charge in [-0.15, -0.1) is 11.3 Å². The summed E-state index contributed by atoms with van der Waals surface area (Å²) in [6, 6.07) is 1.98. The van der Waals surface area contributed by atoms with E-state index < -0.39 is 27.7 Å². The lowest BCUT2D eigenvalue weighted by Gasteiger charge is -2.24. The van der Waals surface area contributed by atoms with Crippen LogP contribution in [0.2, 0.25) is 0 Å². The van der Waals surface area contributed by atoms with E-state index in [4.69, 9.17) is 5.14 Å². The van der Waals surface area contributed by atoms with Crippen molar-refractivity contribution in [1.29, 1.82) is 0 Å². The molecule has 7 nitrogen and oxygen atoms in total. The molecule has 2 aromatic heterocycles. The molecule has 1 fully saturated rings. The number of halogens is 3. The van der Waals surface area contributed by atoms with Crippen LogP contribution in [0.4, 0.5) is 24.7 Å². The zero-order valence-corrected chi connectivity index (χ0v) is 17.8. The molecule has 12 heteroatoms. The lowest BCUT2D eigenvalue weighted by Crippen LogP contribution is -2.28. The molecule has 3 N–H and O–H groups in total. The van der Waals surface area contributed by atoms with Gasteiger partial charge in [0.05, 0.1) is 16.8 Å². The second kappa shape index (κ2) is 8.52. The van der Waals surface area contributed by atoms with Gasteiger partial charge >= 0.3 is 6.18 Å². The summed E-state index contributed by atoms with van der Waals surface area (Å²) in [6.07, 6.45) is -0.215. The van der Waals surface area contributed by atoms with E-state index in [1.54, 1.807) is 6.92 Å². The van der Waals surface area contributed by atoms with Crippen LogP contribution in [0, 0.1) is 6.92 Å². The summed E-state index contributed by atoms with van der Waals surface area (Å²) in [5.41, 5.74) is -1.07. The number of hydrogen-bond donors (Lipinski definition) is 2. The van der Waals surface area contributed by atoms with Crippen molar-refractivity contribution in [1.82, 2.24) is 4.98 Å². The van der Waals surface area contributed by atoms with Crippen LogP contribution in [-0.2, 0) is 16.2 Å². The summed E-state index contributed by atoms with van der Waals surface area (Å²) in [5, 5.41) is 7.62. The van der Waals surface area contributed by atoms with Gasteiger partial charge in [-0.3, -0.25) is 4.79 Å². The van der Waals surface area contributed by atoms with E-state index in [0.29, 0.717) is 18.0 Å². The van der Waals surface area contributed by atoms with Gasteiger partial charge in [-0.2, -0.15) is 13.2 Å². The van der Waals surface area contributed by atoms with Crippen LogP contribution in [0.25, 0.3) is 0 Å². The molecule has 0 spiro atoms. The summed E-state index contributed by atoms with van der Waals surface area (Å²) in [5.74, 6) is -0.614. The number of alkyl halides is 3. The van der Waals surface area contributed by atoms with Crippen LogP contribution >= 0.6 is 11.3 Å². The van der Waals surface area contributed by atoms with Crippen LogP contribution < -0.4 is 15.4 Å². The van der Waals surface area contributed by atoms with E-state index in [-0.39, 0.29) is 21.3 Å². The van der Waals surface area contributed by atoms with Crippen molar-refractivity contribution >= 4 is 38.8 Å². The molecule has 0 aliphatic carbocycles. The Balaban J connectivity index is 1.99. The number of carbonyl (C=O) groups is 1. The topological polar surface area (TPSA) is 105 Å². The number of anilines is 2. The van der Waals surface area contributed by atoms with Gasteiger partial charge in [0.2, 0.25) is 10.0 Å². The highest BCUT2D eigenvalue weighted by Crippen LogP contribution is 2.34. The first-order valence-corrected chi connectivity index (χ1v) is 11.6. The number of sulfonamides is 1.